The number of hydrogen-bond acceptors (Lipinski definition) is 2. The molecular formula is C15H23NO. The molecule has 1 N–H and O–H groups in total. The van der Waals surface area contributed by atoms with Gasteiger partial charge in [-0.3, -0.25) is 0 Å². The number of allylic oxidation sites excluding steroid dienone is 1. The molecule has 0 unspecified atom stereocenters. The zero-order chi connectivity index (χ0) is 12.3. The van der Waals surface area contributed by atoms with Crippen molar-refractivity contribution in [1.82, 2.24) is 0 Å². The summed E-state index contributed by atoms with van der Waals surface area (Å²) in [5.74, 6) is 0. The van der Waals surface area contributed by atoms with Gasteiger partial charge >= 0.3 is 0 Å². The van der Waals surface area contributed by atoms with E-state index in [1.54, 1.807) is 7.11 Å². The lowest BCUT2D eigenvalue weighted by molar-refractivity contribution is 0.185. The molecule has 0 aliphatic rings. The Bertz CT molecular complexity index is 322. The molecule has 0 saturated heterocycles. The quantitative estimate of drug-likeness (QED) is 0.514. The van der Waals surface area contributed by atoms with Gasteiger partial charge in [-0.1, -0.05) is 24.6 Å². The molecule has 1 aromatic carbocycles. The molecule has 17 heavy (non-hydrogen) atoms. The lowest BCUT2D eigenvalue weighted by Crippen LogP contribution is -2.01. The Balaban J connectivity index is 2.21. The van der Waals surface area contributed by atoms with Crippen LogP contribution >= 0.6 is 0 Å². The van der Waals surface area contributed by atoms with Crippen LogP contribution in [0.4, 0.5) is 5.69 Å². The maximum absolute atomic E-state index is 5.12. The number of methoxy groups -OCH3 is 1. The van der Waals surface area contributed by atoms with Crippen LogP contribution in [-0.2, 0) is 11.3 Å². The van der Waals surface area contributed by atoms with Crippen LogP contribution in [0.1, 0.15) is 31.2 Å². The summed E-state index contributed by atoms with van der Waals surface area (Å²) in [5.41, 5.74) is 2.40. The van der Waals surface area contributed by atoms with Crippen molar-refractivity contribution in [1.29, 1.82) is 0 Å². The molecule has 0 spiro atoms. The zero-order valence-corrected chi connectivity index (χ0v) is 10.7. The summed E-state index contributed by atoms with van der Waals surface area (Å²) in [7, 11) is 1.72. The average molecular weight is 233 g/mol. The van der Waals surface area contributed by atoms with Gasteiger partial charge in [0, 0.05) is 19.3 Å². The molecule has 0 saturated carbocycles. The van der Waals surface area contributed by atoms with Crippen LogP contribution in [0, 0.1) is 0 Å². The Morgan fingerprint density at radius 1 is 1.29 bits per heavy atom. The van der Waals surface area contributed by atoms with Gasteiger partial charge in [-0.05, 0) is 37.0 Å². The fourth-order valence-corrected chi connectivity index (χ4v) is 1.76. The van der Waals surface area contributed by atoms with Crippen LogP contribution < -0.4 is 5.32 Å². The lowest BCUT2D eigenvalue weighted by atomic mass is 10.2. The third-order valence-corrected chi connectivity index (χ3v) is 2.65. The number of anilines is 1. The summed E-state index contributed by atoms with van der Waals surface area (Å²) in [5, 5.41) is 3.44. The van der Waals surface area contributed by atoms with E-state index in [1.807, 2.05) is 6.08 Å². The highest BCUT2D eigenvalue weighted by atomic mass is 16.5. The summed E-state index contributed by atoms with van der Waals surface area (Å²) in [6.07, 6.45) is 6.83. The van der Waals surface area contributed by atoms with E-state index < -0.39 is 0 Å². The van der Waals surface area contributed by atoms with E-state index in [1.165, 1.54) is 30.5 Å². The molecule has 1 rings (SSSR count). The Morgan fingerprint density at radius 2 is 2.18 bits per heavy atom. The Morgan fingerprint density at radius 3 is 2.94 bits per heavy atom. The summed E-state index contributed by atoms with van der Waals surface area (Å²) < 4.78 is 5.12. The van der Waals surface area contributed by atoms with Crippen molar-refractivity contribution in [3.8, 4) is 0 Å². The molecule has 1 aromatic rings. The molecular weight excluding hydrogens is 210 g/mol. The minimum Gasteiger partial charge on any atom is -0.385 e. The Labute approximate surface area is 105 Å². The van der Waals surface area contributed by atoms with Crippen molar-refractivity contribution in [3.05, 3.63) is 42.5 Å². The van der Waals surface area contributed by atoms with Crippen molar-refractivity contribution in [2.24, 2.45) is 0 Å². The van der Waals surface area contributed by atoms with Crippen molar-refractivity contribution >= 4 is 5.69 Å². The summed E-state index contributed by atoms with van der Waals surface area (Å²) in [4.78, 5) is 0. The maximum Gasteiger partial charge on any atom is 0.0713 e. The molecule has 0 aliphatic carbocycles. The fraction of sp³-hybridized carbons (Fsp3) is 0.467. The predicted molar refractivity (Wildman–Crippen MR) is 74.3 cm³/mol. The molecule has 0 aliphatic heterocycles. The van der Waals surface area contributed by atoms with Crippen molar-refractivity contribution in [2.45, 2.75) is 32.3 Å². The molecule has 0 fully saturated rings. The number of ether oxygens (including phenoxy) is 1. The highest BCUT2D eigenvalue weighted by molar-refractivity contribution is 5.45. The van der Waals surface area contributed by atoms with E-state index in [0.717, 1.165) is 13.0 Å². The third kappa shape index (κ3) is 6.12. The monoisotopic (exact) mass is 233 g/mol. The minimum absolute atomic E-state index is 0.675. The van der Waals surface area contributed by atoms with Crippen molar-refractivity contribution < 1.29 is 4.74 Å². The van der Waals surface area contributed by atoms with Gasteiger partial charge in [-0.25, -0.2) is 0 Å². The van der Waals surface area contributed by atoms with E-state index in [0.29, 0.717) is 6.61 Å². The van der Waals surface area contributed by atoms with Crippen LogP contribution in [-0.4, -0.2) is 13.7 Å². The highest BCUT2D eigenvalue weighted by Gasteiger charge is 1.95. The largest absolute Gasteiger partial charge is 0.385 e. The maximum atomic E-state index is 5.12. The van der Waals surface area contributed by atoms with Gasteiger partial charge in [0.1, 0.15) is 0 Å². The van der Waals surface area contributed by atoms with E-state index >= 15 is 0 Å². The Hall–Kier alpha value is -1.28. The van der Waals surface area contributed by atoms with Gasteiger partial charge in [0.25, 0.3) is 0 Å². The minimum atomic E-state index is 0.675. The first-order valence-electron chi connectivity index (χ1n) is 6.29. The summed E-state index contributed by atoms with van der Waals surface area (Å²) >= 11 is 0. The van der Waals surface area contributed by atoms with Gasteiger partial charge < -0.3 is 10.1 Å². The summed E-state index contributed by atoms with van der Waals surface area (Å²) in [6.45, 7) is 5.44. The highest BCUT2D eigenvalue weighted by Crippen LogP contribution is 2.11. The molecule has 0 aromatic heterocycles. The molecule has 0 atom stereocenters. The van der Waals surface area contributed by atoms with Gasteiger partial charge in [0.2, 0.25) is 0 Å². The smallest absolute Gasteiger partial charge is 0.0713 e. The molecule has 2 nitrogen and oxygen atoms in total. The normalized spacial score (nSPS) is 10.2. The molecule has 2 heteroatoms. The zero-order valence-electron chi connectivity index (χ0n) is 10.7. The van der Waals surface area contributed by atoms with E-state index in [2.05, 4.69) is 36.2 Å². The van der Waals surface area contributed by atoms with Crippen LogP contribution in [0.25, 0.3) is 0 Å². The van der Waals surface area contributed by atoms with E-state index in [-0.39, 0.29) is 0 Å². The molecule has 0 bridgehead atoms. The number of hydrogen-bond donors (Lipinski definition) is 1. The summed E-state index contributed by atoms with van der Waals surface area (Å²) in [6, 6.07) is 8.39. The van der Waals surface area contributed by atoms with Crippen LogP contribution in [0.15, 0.2) is 36.9 Å². The molecule has 0 radical (unpaired) electrons. The SMILES string of the molecule is C=CCCCCCNc1cccc(COC)c1. The molecule has 0 heterocycles. The Kier molecular flexibility index (Phi) is 7.15. The van der Waals surface area contributed by atoms with Crippen LogP contribution in [0.3, 0.4) is 0 Å². The second kappa shape index (κ2) is 8.82. The van der Waals surface area contributed by atoms with Gasteiger partial charge in [0.15, 0.2) is 0 Å². The van der Waals surface area contributed by atoms with Gasteiger partial charge in [0.05, 0.1) is 6.61 Å². The topological polar surface area (TPSA) is 21.3 Å². The first-order valence-corrected chi connectivity index (χ1v) is 6.29. The van der Waals surface area contributed by atoms with Gasteiger partial charge in [-0.15, -0.1) is 6.58 Å². The second-order valence-electron chi connectivity index (χ2n) is 4.20. The second-order valence-corrected chi connectivity index (χ2v) is 4.20. The van der Waals surface area contributed by atoms with E-state index in [4.69, 9.17) is 4.74 Å². The molecule has 94 valence electrons. The van der Waals surface area contributed by atoms with Crippen molar-refractivity contribution in [2.75, 3.05) is 19.0 Å². The first kappa shape index (κ1) is 13.8. The number of rotatable bonds is 9. The molecule has 0 amide bonds. The lowest BCUT2D eigenvalue weighted by Gasteiger charge is -2.07. The van der Waals surface area contributed by atoms with Crippen LogP contribution in [0.2, 0.25) is 0 Å². The van der Waals surface area contributed by atoms with Gasteiger partial charge in [-0.2, -0.15) is 0 Å². The predicted octanol–water partition coefficient (Wildman–Crippen LogP) is 3.99. The fourth-order valence-electron chi connectivity index (χ4n) is 1.76. The third-order valence-electron chi connectivity index (χ3n) is 2.65. The standard InChI is InChI=1S/C15H23NO/c1-3-4-5-6-7-11-16-15-10-8-9-14(12-15)13-17-2/h3,8-10,12,16H,1,4-7,11,13H2,2H3. The number of benzene rings is 1. The number of nitrogens with one attached hydrogen (secondary N) is 1. The van der Waals surface area contributed by atoms with Crippen LogP contribution in [0.5, 0.6) is 0 Å². The first-order chi connectivity index (χ1) is 8.36. The van der Waals surface area contributed by atoms with Crippen molar-refractivity contribution in [3.63, 3.8) is 0 Å². The average Bonchev–Trinajstić information content (AvgIpc) is 2.35. The number of unbranched alkanes of at least 4 members (excludes halogenated alkanes) is 3. The van der Waals surface area contributed by atoms with E-state index in [9.17, 15) is 0 Å².